The quantitative estimate of drug-likeness (QED) is 0.862. The van der Waals surface area contributed by atoms with Crippen molar-refractivity contribution in [3.63, 3.8) is 0 Å². The third-order valence-corrected chi connectivity index (χ3v) is 3.77. The van der Waals surface area contributed by atoms with Gasteiger partial charge in [0.25, 0.3) is 0 Å². The van der Waals surface area contributed by atoms with E-state index in [1.54, 1.807) is 19.4 Å². The fourth-order valence-corrected chi connectivity index (χ4v) is 2.42. The number of pyridine rings is 1. The Morgan fingerprint density at radius 3 is 2.83 bits per heavy atom. The first-order chi connectivity index (χ1) is 11.1. The highest BCUT2D eigenvalue weighted by atomic mass is 16.5. The molecule has 0 aliphatic heterocycles. The molecule has 1 aromatic carbocycles. The van der Waals surface area contributed by atoms with Crippen molar-refractivity contribution in [2.75, 3.05) is 12.4 Å². The van der Waals surface area contributed by atoms with E-state index in [1.807, 2.05) is 31.2 Å². The third kappa shape index (κ3) is 3.70. The number of nitrogens with one attached hydrogen (secondary N) is 1. The molecule has 4 nitrogen and oxygen atoms in total. The molecule has 1 heterocycles. The summed E-state index contributed by atoms with van der Waals surface area (Å²) in [4.78, 5) is 4.36. The largest absolute Gasteiger partial charge is 0.495 e. The van der Waals surface area contributed by atoms with Gasteiger partial charge in [-0.15, -0.1) is 0 Å². The van der Waals surface area contributed by atoms with Crippen molar-refractivity contribution in [2.45, 2.75) is 26.3 Å². The van der Waals surface area contributed by atoms with Gasteiger partial charge in [0, 0.05) is 11.3 Å². The maximum atomic E-state index is 9.35. The molecule has 1 atom stereocenters. The lowest BCUT2D eigenvalue weighted by Gasteiger charge is -2.20. The highest BCUT2D eigenvalue weighted by molar-refractivity contribution is 5.64. The summed E-state index contributed by atoms with van der Waals surface area (Å²) in [7, 11) is 1.64. The molecule has 0 saturated heterocycles. The molecule has 0 aliphatic rings. The van der Waals surface area contributed by atoms with Crippen LogP contribution in [0.1, 0.15) is 42.3 Å². The van der Waals surface area contributed by atoms with E-state index < -0.39 is 0 Å². The number of rotatable bonds is 6. The molecule has 0 bridgehead atoms. The van der Waals surface area contributed by atoms with Crippen LogP contribution in [0.2, 0.25) is 0 Å². The molecule has 118 valence electrons. The minimum atomic E-state index is -0.0140. The number of nitriles is 1. The zero-order valence-electron chi connectivity index (χ0n) is 13.8. The van der Waals surface area contributed by atoms with Crippen molar-refractivity contribution >= 4 is 11.8 Å². The van der Waals surface area contributed by atoms with Gasteiger partial charge in [-0.25, -0.2) is 0 Å². The minimum absolute atomic E-state index is 0.0140. The van der Waals surface area contributed by atoms with Crippen LogP contribution in [0, 0.1) is 11.3 Å². The molecular weight excluding hydrogens is 286 g/mol. The molecule has 0 fully saturated rings. The number of hydrogen-bond donors (Lipinski definition) is 1. The standard InChI is InChI=1S/C19H21N3O/c1-5-14-7-8-18(15(9-14)11-20)22-13(3)17-10-16(6-2)21-12-19(17)23-4/h5,7-10,12-13,22H,1,6H2,2-4H3/t13-/m0/s1. The Labute approximate surface area is 137 Å². The van der Waals surface area contributed by atoms with Crippen LogP contribution in [0.3, 0.4) is 0 Å². The van der Waals surface area contributed by atoms with Gasteiger partial charge in [-0.1, -0.05) is 25.6 Å². The second kappa shape index (κ2) is 7.46. The second-order valence-corrected chi connectivity index (χ2v) is 5.26. The van der Waals surface area contributed by atoms with E-state index in [1.165, 1.54) is 0 Å². The Kier molecular flexibility index (Phi) is 5.37. The van der Waals surface area contributed by atoms with Gasteiger partial charge in [0.15, 0.2) is 0 Å². The zero-order chi connectivity index (χ0) is 16.8. The fourth-order valence-electron chi connectivity index (χ4n) is 2.42. The van der Waals surface area contributed by atoms with E-state index in [0.717, 1.165) is 34.7 Å². The topological polar surface area (TPSA) is 57.9 Å². The van der Waals surface area contributed by atoms with Crippen molar-refractivity contribution in [1.82, 2.24) is 4.98 Å². The monoisotopic (exact) mass is 307 g/mol. The summed E-state index contributed by atoms with van der Waals surface area (Å²) in [5.41, 5.74) is 4.35. The maximum absolute atomic E-state index is 9.35. The predicted molar refractivity (Wildman–Crippen MR) is 93.5 cm³/mol. The lowest BCUT2D eigenvalue weighted by atomic mass is 10.0. The summed E-state index contributed by atoms with van der Waals surface area (Å²) < 4.78 is 5.42. The molecule has 1 aromatic heterocycles. The number of aryl methyl sites for hydroxylation is 1. The highest BCUT2D eigenvalue weighted by Crippen LogP contribution is 2.29. The Bertz CT molecular complexity index is 747. The van der Waals surface area contributed by atoms with Gasteiger partial charge in [-0.2, -0.15) is 5.26 Å². The molecular formula is C19H21N3O. The number of aromatic nitrogens is 1. The molecule has 4 heteroatoms. The Morgan fingerprint density at radius 1 is 1.43 bits per heavy atom. The summed E-state index contributed by atoms with van der Waals surface area (Å²) in [5.74, 6) is 0.739. The van der Waals surface area contributed by atoms with Gasteiger partial charge in [0.2, 0.25) is 0 Å². The summed E-state index contributed by atoms with van der Waals surface area (Å²) in [5, 5.41) is 12.7. The van der Waals surface area contributed by atoms with Crippen LogP contribution < -0.4 is 10.1 Å². The van der Waals surface area contributed by atoms with Gasteiger partial charge in [0.05, 0.1) is 30.6 Å². The van der Waals surface area contributed by atoms with Crippen LogP contribution in [-0.2, 0) is 6.42 Å². The van der Waals surface area contributed by atoms with Crippen LogP contribution in [0.25, 0.3) is 6.08 Å². The lowest BCUT2D eigenvalue weighted by Crippen LogP contribution is -2.10. The molecule has 2 aromatic rings. The minimum Gasteiger partial charge on any atom is -0.495 e. The van der Waals surface area contributed by atoms with Crippen molar-refractivity contribution in [1.29, 1.82) is 5.26 Å². The fraction of sp³-hybridized carbons (Fsp3) is 0.263. The SMILES string of the molecule is C=Cc1ccc(N[C@@H](C)c2cc(CC)ncc2OC)c(C#N)c1. The first-order valence-electron chi connectivity index (χ1n) is 7.58. The van der Waals surface area contributed by atoms with E-state index in [0.29, 0.717) is 5.56 Å². The zero-order valence-corrected chi connectivity index (χ0v) is 13.8. The number of nitrogens with zero attached hydrogens (tertiary/aromatic N) is 2. The van der Waals surface area contributed by atoms with Gasteiger partial charge in [-0.3, -0.25) is 4.98 Å². The predicted octanol–water partition coefficient (Wildman–Crippen LogP) is 4.34. The third-order valence-electron chi connectivity index (χ3n) is 3.77. The van der Waals surface area contributed by atoms with Crippen LogP contribution in [0.4, 0.5) is 5.69 Å². The van der Waals surface area contributed by atoms with Gasteiger partial charge in [0.1, 0.15) is 11.8 Å². The molecule has 23 heavy (non-hydrogen) atoms. The molecule has 0 aliphatic carbocycles. The average molecular weight is 307 g/mol. The van der Waals surface area contributed by atoms with Crippen molar-refractivity contribution in [3.05, 3.63) is 59.4 Å². The molecule has 2 rings (SSSR count). The summed E-state index contributed by atoms with van der Waals surface area (Å²) in [6.45, 7) is 7.84. The summed E-state index contributed by atoms with van der Waals surface area (Å²) in [6.07, 6.45) is 4.34. The van der Waals surface area contributed by atoms with E-state index in [2.05, 4.69) is 29.9 Å². The van der Waals surface area contributed by atoms with E-state index in [9.17, 15) is 5.26 Å². The first-order valence-corrected chi connectivity index (χ1v) is 7.58. The first kappa shape index (κ1) is 16.6. The molecule has 0 amide bonds. The highest BCUT2D eigenvalue weighted by Gasteiger charge is 2.14. The molecule has 1 N–H and O–H groups in total. The van der Waals surface area contributed by atoms with Gasteiger partial charge in [-0.05, 0) is 37.1 Å². The Hall–Kier alpha value is -2.80. The number of methoxy groups -OCH3 is 1. The van der Waals surface area contributed by atoms with Crippen LogP contribution >= 0.6 is 0 Å². The Morgan fingerprint density at radius 2 is 2.22 bits per heavy atom. The number of hydrogen-bond acceptors (Lipinski definition) is 4. The van der Waals surface area contributed by atoms with E-state index >= 15 is 0 Å². The molecule has 0 radical (unpaired) electrons. The maximum Gasteiger partial charge on any atom is 0.142 e. The van der Waals surface area contributed by atoms with Gasteiger partial charge >= 0.3 is 0 Å². The normalized spacial score (nSPS) is 11.4. The van der Waals surface area contributed by atoms with Crippen molar-refractivity contribution < 1.29 is 4.74 Å². The van der Waals surface area contributed by atoms with Gasteiger partial charge < -0.3 is 10.1 Å². The van der Waals surface area contributed by atoms with Crippen LogP contribution in [0.5, 0.6) is 5.75 Å². The van der Waals surface area contributed by atoms with Crippen molar-refractivity contribution in [3.8, 4) is 11.8 Å². The van der Waals surface area contributed by atoms with Crippen LogP contribution in [-0.4, -0.2) is 12.1 Å². The number of benzene rings is 1. The molecule has 0 unspecified atom stereocenters. The lowest BCUT2D eigenvalue weighted by molar-refractivity contribution is 0.405. The van der Waals surface area contributed by atoms with Crippen molar-refractivity contribution in [2.24, 2.45) is 0 Å². The smallest absolute Gasteiger partial charge is 0.142 e. The Balaban J connectivity index is 2.34. The summed E-state index contributed by atoms with van der Waals surface area (Å²) >= 11 is 0. The molecule has 0 spiro atoms. The number of anilines is 1. The van der Waals surface area contributed by atoms with E-state index in [-0.39, 0.29) is 6.04 Å². The summed E-state index contributed by atoms with van der Waals surface area (Å²) in [6, 6.07) is 9.91. The van der Waals surface area contributed by atoms with Crippen LogP contribution in [0.15, 0.2) is 37.0 Å². The molecule has 0 saturated carbocycles. The van der Waals surface area contributed by atoms with E-state index in [4.69, 9.17) is 4.74 Å². The number of ether oxygens (including phenoxy) is 1. The second-order valence-electron chi connectivity index (χ2n) is 5.26. The average Bonchev–Trinajstić information content (AvgIpc) is 2.61.